The van der Waals surface area contributed by atoms with E-state index in [9.17, 15) is 13.2 Å². The predicted molar refractivity (Wildman–Crippen MR) is 71.5 cm³/mol. The molecule has 1 aromatic carbocycles. The third-order valence-corrected chi connectivity index (χ3v) is 3.67. The van der Waals surface area contributed by atoms with Crippen LogP contribution in [0.5, 0.6) is 0 Å². The summed E-state index contributed by atoms with van der Waals surface area (Å²) in [6.45, 7) is 3.45. The highest BCUT2D eigenvalue weighted by atomic mass is 19.4. The number of nitrogens with one attached hydrogen (secondary N) is 1. The number of rotatable bonds is 2. The monoisotopic (exact) mass is 296 g/mol. The highest BCUT2D eigenvalue weighted by molar-refractivity contribution is 5.57. The van der Waals surface area contributed by atoms with Crippen LogP contribution in [-0.4, -0.2) is 21.3 Å². The molecule has 0 amide bonds. The van der Waals surface area contributed by atoms with E-state index in [1.54, 1.807) is 6.07 Å². The van der Waals surface area contributed by atoms with Crippen LogP contribution in [-0.2, 0) is 12.7 Å². The van der Waals surface area contributed by atoms with Crippen LogP contribution < -0.4 is 5.32 Å². The molecule has 0 bridgehead atoms. The summed E-state index contributed by atoms with van der Waals surface area (Å²) in [5.74, 6) is 1.28. The van der Waals surface area contributed by atoms with E-state index in [0.717, 1.165) is 30.9 Å². The van der Waals surface area contributed by atoms with Gasteiger partial charge in [0.1, 0.15) is 0 Å². The standard InChI is InChI=1S/C14H15F3N4/c1-2-11-13-20-19-12(21(13)7-6-18-11)9-4-3-5-10(8-9)14(15,16)17/h3-5,8,11,18H,2,6-7H2,1H3. The van der Waals surface area contributed by atoms with Gasteiger partial charge in [-0.3, -0.25) is 0 Å². The van der Waals surface area contributed by atoms with E-state index in [0.29, 0.717) is 17.9 Å². The van der Waals surface area contributed by atoms with Gasteiger partial charge in [-0.15, -0.1) is 10.2 Å². The molecule has 1 aromatic heterocycles. The Morgan fingerprint density at radius 1 is 1.33 bits per heavy atom. The van der Waals surface area contributed by atoms with Crippen LogP contribution >= 0.6 is 0 Å². The molecule has 1 atom stereocenters. The number of benzene rings is 1. The summed E-state index contributed by atoms with van der Waals surface area (Å²) in [4.78, 5) is 0. The fourth-order valence-corrected chi connectivity index (χ4v) is 2.61. The molecule has 0 saturated carbocycles. The summed E-state index contributed by atoms with van der Waals surface area (Å²) in [5, 5.41) is 11.6. The second-order valence-corrected chi connectivity index (χ2v) is 5.03. The maximum absolute atomic E-state index is 12.8. The predicted octanol–water partition coefficient (Wildman–Crippen LogP) is 3.02. The van der Waals surface area contributed by atoms with Crippen molar-refractivity contribution in [2.24, 2.45) is 0 Å². The minimum Gasteiger partial charge on any atom is -0.308 e. The van der Waals surface area contributed by atoms with Crippen molar-refractivity contribution in [1.82, 2.24) is 20.1 Å². The minimum atomic E-state index is -4.35. The summed E-state index contributed by atoms with van der Waals surface area (Å²) >= 11 is 0. The topological polar surface area (TPSA) is 42.7 Å². The fourth-order valence-electron chi connectivity index (χ4n) is 2.61. The molecule has 7 heteroatoms. The summed E-state index contributed by atoms with van der Waals surface area (Å²) < 4.78 is 40.3. The second kappa shape index (κ2) is 5.14. The Labute approximate surface area is 120 Å². The third-order valence-electron chi connectivity index (χ3n) is 3.67. The van der Waals surface area contributed by atoms with Crippen molar-refractivity contribution in [3.8, 4) is 11.4 Å². The number of hydrogen-bond donors (Lipinski definition) is 1. The number of alkyl halides is 3. The molecule has 2 heterocycles. The molecule has 0 fully saturated rings. The summed E-state index contributed by atoms with van der Waals surface area (Å²) in [6, 6.07) is 5.33. The van der Waals surface area contributed by atoms with E-state index in [1.807, 2.05) is 11.5 Å². The van der Waals surface area contributed by atoms with Crippen LogP contribution in [0.2, 0.25) is 0 Å². The Hall–Kier alpha value is -1.89. The Balaban J connectivity index is 2.04. The summed E-state index contributed by atoms with van der Waals surface area (Å²) in [6.07, 6.45) is -3.49. The van der Waals surface area contributed by atoms with Gasteiger partial charge in [0, 0.05) is 18.7 Å². The third kappa shape index (κ3) is 2.53. The van der Waals surface area contributed by atoms with Crippen molar-refractivity contribution in [2.75, 3.05) is 6.54 Å². The molecule has 0 saturated heterocycles. The van der Waals surface area contributed by atoms with Gasteiger partial charge >= 0.3 is 6.18 Å². The first-order valence-corrected chi connectivity index (χ1v) is 6.85. The lowest BCUT2D eigenvalue weighted by Crippen LogP contribution is -2.33. The number of aromatic nitrogens is 3. The van der Waals surface area contributed by atoms with Crippen molar-refractivity contribution >= 4 is 0 Å². The van der Waals surface area contributed by atoms with E-state index < -0.39 is 11.7 Å². The SMILES string of the molecule is CCC1NCCn2c(-c3cccc(C(F)(F)F)c3)nnc21. The Kier molecular flexibility index (Phi) is 3.44. The van der Waals surface area contributed by atoms with Gasteiger partial charge in [-0.2, -0.15) is 13.2 Å². The molecule has 1 aliphatic rings. The number of hydrogen-bond acceptors (Lipinski definition) is 3. The number of fused-ring (bicyclic) bond motifs is 1. The molecule has 2 aromatic rings. The van der Waals surface area contributed by atoms with Gasteiger partial charge in [0.2, 0.25) is 0 Å². The maximum Gasteiger partial charge on any atom is 0.416 e. The average molecular weight is 296 g/mol. The van der Waals surface area contributed by atoms with Crippen LogP contribution in [0.4, 0.5) is 13.2 Å². The lowest BCUT2D eigenvalue weighted by atomic mass is 10.1. The van der Waals surface area contributed by atoms with Gasteiger partial charge in [-0.05, 0) is 18.6 Å². The molecular formula is C14H15F3N4. The van der Waals surface area contributed by atoms with Crippen molar-refractivity contribution in [3.05, 3.63) is 35.7 Å². The number of nitrogens with zero attached hydrogens (tertiary/aromatic N) is 3. The molecule has 0 radical (unpaired) electrons. The van der Waals surface area contributed by atoms with E-state index in [-0.39, 0.29) is 6.04 Å². The minimum absolute atomic E-state index is 0.103. The first-order valence-electron chi connectivity index (χ1n) is 6.85. The molecule has 1 N–H and O–H groups in total. The van der Waals surface area contributed by atoms with Crippen molar-refractivity contribution in [1.29, 1.82) is 0 Å². The van der Waals surface area contributed by atoms with Crippen LogP contribution in [0.3, 0.4) is 0 Å². The molecular weight excluding hydrogens is 281 g/mol. The van der Waals surface area contributed by atoms with E-state index in [4.69, 9.17) is 0 Å². The normalized spacial score (nSPS) is 18.6. The zero-order chi connectivity index (χ0) is 15.0. The van der Waals surface area contributed by atoms with E-state index >= 15 is 0 Å². The van der Waals surface area contributed by atoms with Gasteiger partial charge in [0.05, 0.1) is 11.6 Å². The Bertz CT molecular complexity index is 648. The zero-order valence-electron chi connectivity index (χ0n) is 11.5. The van der Waals surface area contributed by atoms with Gasteiger partial charge in [-0.25, -0.2) is 0 Å². The Morgan fingerprint density at radius 3 is 2.86 bits per heavy atom. The van der Waals surface area contributed by atoms with Crippen LogP contribution in [0, 0.1) is 0 Å². The van der Waals surface area contributed by atoms with Crippen molar-refractivity contribution < 1.29 is 13.2 Å². The van der Waals surface area contributed by atoms with Gasteiger partial charge < -0.3 is 9.88 Å². The lowest BCUT2D eigenvalue weighted by molar-refractivity contribution is -0.137. The first-order chi connectivity index (χ1) is 10.0. The maximum atomic E-state index is 12.8. The molecule has 0 aliphatic carbocycles. The van der Waals surface area contributed by atoms with E-state index in [1.165, 1.54) is 6.07 Å². The highest BCUT2D eigenvalue weighted by Gasteiger charge is 2.31. The molecule has 3 rings (SSSR count). The quantitative estimate of drug-likeness (QED) is 0.926. The molecule has 21 heavy (non-hydrogen) atoms. The fraction of sp³-hybridized carbons (Fsp3) is 0.429. The highest BCUT2D eigenvalue weighted by Crippen LogP contribution is 2.32. The summed E-state index contributed by atoms with van der Waals surface area (Å²) in [5.41, 5.74) is -0.223. The first kappa shape index (κ1) is 14.1. The molecule has 112 valence electrons. The van der Waals surface area contributed by atoms with Crippen molar-refractivity contribution in [2.45, 2.75) is 32.1 Å². The van der Waals surface area contributed by atoms with Crippen LogP contribution in [0.1, 0.15) is 30.8 Å². The van der Waals surface area contributed by atoms with Gasteiger partial charge in [-0.1, -0.05) is 19.1 Å². The van der Waals surface area contributed by atoms with Crippen LogP contribution in [0.15, 0.2) is 24.3 Å². The molecule has 4 nitrogen and oxygen atoms in total. The van der Waals surface area contributed by atoms with Gasteiger partial charge in [0.15, 0.2) is 11.6 Å². The number of halogens is 3. The molecule has 1 aliphatic heterocycles. The molecule has 0 spiro atoms. The van der Waals surface area contributed by atoms with Gasteiger partial charge in [0.25, 0.3) is 0 Å². The van der Waals surface area contributed by atoms with Crippen molar-refractivity contribution in [3.63, 3.8) is 0 Å². The summed E-state index contributed by atoms with van der Waals surface area (Å²) in [7, 11) is 0. The zero-order valence-corrected chi connectivity index (χ0v) is 11.5. The van der Waals surface area contributed by atoms with E-state index in [2.05, 4.69) is 15.5 Å². The largest absolute Gasteiger partial charge is 0.416 e. The lowest BCUT2D eigenvalue weighted by Gasteiger charge is -2.24. The smallest absolute Gasteiger partial charge is 0.308 e. The van der Waals surface area contributed by atoms with Crippen LogP contribution in [0.25, 0.3) is 11.4 Å². The average Bonchev–Trinajstić information content (AvgIpc) is 2.90. The Morgan fingerprint density at radius 2 is 2.14 bits per heavy atom. The molecule has 1 unspecified atom stereocenters. The second-order valence-electron chi connectivity index (χ2n) is 5.03.